The maximum atomic E-state index is 12.9. The van der Waals surface area contributed by atoms with E-state index < -0.39 is 30.5 Å². The molecule has 1 aromatic heterocycles. The monoisotopic (exact) mass is 282 g/mol. The minimum Gasteiger partial charge on any atom is -0.390 e. The minimum atomic E-state index is -3.40. The summed E-state index contributed by atoms with van der Waals surface area (Å²) in [6.45, 7) is -2.35. The molecule has 0 saturated heterocycles. The van der Waals surface area contributed by atoms with E-state index in [1.807, 2.05) is 5.32 Å². The van der Waals surface area contributed by atoms with E-state index in [1.54, 1.807) is 24.3 Å². The molecular formula is C13H12F2N2O3. The largest absolute Gasteiger partial charge is 0.390 e. The molecule has 0 spiro atoms. The number of aromatic amines is 1. The van der Waals surface area contributed by atoms with Gasteiger partial charge in [-0.15, -0.1) is 0 Å². The lowest BCUT2D eigenvalue weighted by molar-refractivity contribution is -0.0461. The van der Waals surface area contributed by atoms with Gasteiger partial charge in [-0.2, -0.15) is 0 Å². The first-order valence-corrected chi connectivity index (χ1v) is 5.82. The fourth-order valence-corrected chi connectivity index (χ4v) is 1.75. The van der Waals surface area contributed by atoms with Gasteiger partial charge < -0.3 is 15.4 Å². The van der Waals surface area contributed by atoms with Crippen LogP contribution in [0.15, 0.2) is 35.1 Å². The van der Waals surface area contributed by atoms with Crippen LogP contribution in [0.2, 0.25) is 0 Å². The van der Waals surface area contributed by atoms with Gasteiger partial charge in [-0.3, -0.25) is 9.59 Å². The number of hydrogen-bond donors (Lipinski definition) is 3. The van der Waals surface area contributed by atoms with Gasteiger partial charge in [0.15, 0.2) is 0 Å². The molecule has 1 heterocycles. The summed E-state index contributed by atoms with van der Waals surface area (Å²) < 4.78 is 25.8. The molecule has 7 heteroatoms. The number of halogens is 2. The number of carbonyl (C=O) groups is 1. The highest BCUT2D eigenvalue weighted by atomic mass is 19.3. The molecule has 0 unspecified atom stereocenters. The van der Waals surface area contributed by atoms with Crippen molar-refractivity contribution < 1.29 is 18.7 Å². The summed E-state index contributed by atoms with van der Waals surface area (Å²) >= 11 is 0. The van der Waals surface area contributed by atoms with Crippen molar-refractivity contribution in [2.45, 2.75) is 5.92 Å². The number of hydrogen-bond acceptors (Lipinski definition) is 3. The van der Waals surface area contributed by atoms with Gasteiger partial charge in [0.25, 0.3) is 11.8 Å². The fraction of sp³-hybridized carbons (Fsp3) is 0.231. The number of H-pyrrole nitrogens is 1. The number of fused-ring (bicyclic) bond motifs is 1. The van der Waals surface area contributed by atoms with Crippen molar-refractivity contribution in [1.82, 2.24) is 10.3 Å². The Morgan fingerprint density at radius 1 is 1.35 bits per heavy atom. The van der Waals surface area contributed by atoms with Crippen LogP contribution < -0.4 is 10.9 Å². The number of alkyl halides is 2. The Kier molecular flexibility index (Phi) is 3.80. The Labute approximate surface area is 112 Å². The maximum Gasteiger partial charge on any atom is 0.287 e. The molecule has 2 aromatic rings. The van der Waals surface area contributed by atoms with Gasteiger partial charge in [0, 0.05) is 17.0 Å². The Morgan fingerprint density at radius 3 is 2.75 bits per heavy atom. The number of aromatic nitrogens is 1. The second kappa shape index (κ2) is 5.38. The van der Waals surface area contributed by atoms with Crippen LogP contribution in [0.5, 0.6) is 0 Å². The van der Waals surface area contributed by atoms with Crippen molar-refractivity contribution in [2.24, 2.45) is 0 Å². The van der Waals surface area contributed by atoms with Crippen molar-refractivity contribution >= 4 is 16.8 Å². The van der Waals surface area contributed by atoms with Gasteiger partial charge in [-0.1, -0.05) is 18.2 Å². The minimum absolute atomic E-state index is 0.0121. The van der Waals surface area contributed by atoms with E-state index in [0.717, 1.165) is 6.07 Å². The summed E-state index contributed by atoms with van der Waals surface area (Å²) in [5, 5.41) is 10.9. The highest BCUT2D eigenvalue weighted by Crippen LogP contribution is 2.15. The van der Waals surface area contributed by atoms with Crippen LogP contribution in [0.3, 0.4) is 0 Å². The van der Waals surface area contributed by atoms with E-state index in [9.17, 15) is 18.4 Å². The molecule has 5 nitrogen and oxygen atoms in total. The van der Waals surface area contributed by atoms with Crippen molar-refractivity contribution in [3.05, 3.63) is 46.2 Å². The quantitative estimate of drug-likeness (QED) is 0.778. The standard InChI is InChI=1S/C13H12F2N2O3/c14-13(15,7-18)6-16-12(20)9-5-11(19)17-10-4-2-1-3-8(9)10/h1-5,18H,6-7H2,(H,16,20)(H,17,19). The summed E-state index contributed by atoms with van der Waals surface area (Å²) in [7, 11) is 0. The van der Waals surface area contributed by atoms with Gasteiger partial charge in [-0.05, 0) is 6.07 Å². The predicted molar refractivity (Wildman–Crippen MR) is 68.9 cm³/mol. The Hall–Kier alpha value is -2.28. The molecule has 1 amide bonds. The zero-order chi connectivity index (χ0) is 14.8. The molecule has 20 heavy (non-hydrogen) atoms. The molecule has 0 radical (unpaired) electrons. The number of benzene rings is 1. The van der Waals surface area contributed by atoms with E-state index >= 15 is 0 Å². The Balaban J connectivity index is 2.33. The zero-order valence-corrected chi connectivity index (χ0v) is 10.3. The van der Waals surface area contributed by atoms with Crippen LogP contribution in [-0.4, -0.2) is 35.1 Å². The predicted octanol–water partition coefficient (Wildman–Crippen LogP) is 0.885. The number of pyridine rings is 1. The normalized spacial score (nSPS) is 11.6. The van der Waals surface area contributed by atoms with Crippen LogP contribution in [0.1, 0.15) is 10.4 Å². The van der Waals surface area contributed by atoms with E-state index in [-0.39, 0.29) is 5.56 Å². The number of carbonyl (C=O) groups excluding carboxylic acids is 1. The molecule has 0 aliphatic rings. The summed E-state index contributed by atoms with van der Waals surface area (Å²) in [6.07, 6.45) is 0. The molecule has 3 N–H and O–H groups in total. The topological polar surface area (TPSA) is 82.2 Å². The molecule has 2 rings (SSSR count). The first kappa shape index (κ1) is 14.1. The number of amides is 1. The molecule has 0 aliphatic heterocycles. The van der Waals surface area contributed by atoms with E-state index in [1.165, 1.54) is 0 Å². The Bertz CT molecular complexity index is 697. The van der Waals surface area contributed by atoms with Crippen LogP contribution >= 0.6 is 0 Å². The Morgan fingerprint density at radius 2 is 2.05 bits per heavy atom. The highest BCUT2D eigenvalue weighted by Gasteiger charge is 2.28. The molecule has 0 atom stereocenters. The molecular weight excluding hydrogens is 270 g/mol. The van der Waals surface area contributed by atoms with Gasteiger partial charge in [0.1, 0.15) is 6.61 Å². The van der Waals surface area contributed by atoms with Gasteiger partial charge in [0.2, 0.25) is 5.56 Å². The van der Waals surface area contributed by atoms with Gasteiger partial charge >= 0.3 is 0 Å². The van der Waals surface area contributed by atoms with Crippen LogP contribution in [0.4, 0.5) is 8.78 Å². The first-order chi connectivity index (χ1) is 9.43. The van der Waals surface area contributed by atoms with E-state index in [2.05, 4.69) is 4.98 Å². The number of aliphatic hydroxyl groups excluding tert-OH is 1. The van der Waals surface area contributed by atoms with Crippen molar-refractivity contribution in [2.75, 3.05) is 13.2 Å². The SMILES string of the molecule is O=C(NCC(F)(F)CO)c1cc(=O)[nH]c2ccccc12. The average Bonchev–Trinajstić information content (AvgIpc) is 2.44. The summed E-state index contributed by atoms with van der Waals surface area (Å²) in [5.41, 5.74) is -0.0417. The fourth-order valence-electron chi connectivity index (χ4n) is 1.75. The molecule has 0 saturated carbocycles. The lowest BCUT2D eigenvalue weighted by Gasteiger charge is -2.14. The summed E-state index contributed by atoms with van der Waals surface area (Å²) in [6, 6.07) is 7.61. The smallest absolute Gasteiger partial charge is 0.287 e. The third-order valence-electron chi connectivity index (χ3n) is 2.73. The summed E-state index contributed by atoms with van der Waals surface area (Å²) in [4.78, 5) is 25.9. The second-order valence-corrected chi connectivity index (χ2v) is 4.29. The van der Waals surface area contributed by atoms with E-state index in [0.29, 0.717) is 10.9 Å². The number of para-hydroxylation sites is 1. The lowest BCUT2D eigenvalue weighted by atomic mass is 10.1. The zero-order valence-electron chi connectivity index (χ0n) is 10.3. The molecule has 1 aromatic carbocycles. The van der Waals surface area contributed by atoms with Crippen LogP contribution in [0.25, 0.3) is 10.9 Å². The van der Waals surface area contributed by atoms with E-state index in [4.69, 9.17) is 5.11 Å². The number of rotatable bonds is 4. The number of aliphatic hydroxyl groups is 1. The molecule has 0 bridgehead atoms. The van der Waals surface area contributed by atoms with Gasteiger partial charge in [0.05, 0.1) is 12.1 Å². The molecule has 0 aliphatic carbocycles. The van der Waals surface area contributed by atoms with Crippen molar-refractivity contribution in [3.8, 4) is 0 Å². The third kappa shape index (κ3) is 3.00. The van der Waals surface area contributed by atoms with Crippen molar-refractivity contribution in [1.29, 1.82) is 0 Å². The second-order valence-electron chi connectivity index (χ2n) is 4.29. The lowest BCUT2D eigenvalue weighted by Crippen LogP contribution is -2.39. The van der Waals surface area contributed by atoms with Gasteiger partial charge in [-0.25, -0.2) is 8.78 Å². The van der Waals surface area contributed by atoms with Crippen LogP contribution in [-0.2, 0) is 0 Å². The molecule has 106 valence electrons. The number of nitrogens with one attached hydrogen (secondary N) is 2. The van der Waals surface area contributed by atoms with Crippen LogP contribution in [0, 0.1) is 0 Å². The molecule has 0 fully saturated rings. The summed E-state index contributed by atoms with van der Waals surface area (Å²) in [5.74, 6) is -4.19. The third-order valence-corrected chi connectivity index (χ3v) is 2.73. The average molecular weight is 282 g/mol. The first-order valence-electron chi connectivity index (χ1n) is 5.82. The maximum absolute atomic E-state index is 12.9. The highest BCUT2D eigenvalue weighted by molar-refractivity contribution is 6.05. The van der Waals surface area contributed by atoms with Crippen molar-refractivity contribution in [3.63, 3.8) is 0 Å².